The van der Waals surface area contributed by atoms with Crippen LogP contribution in [0.4, 0.5) is 13.2 Å². The molecule has 3 aromatic carbocycles. The molecule has 212 valence electrons. The lowest BCUT2D eigenvalue weighted by Gasteiger charge is -2.15. The Balaban J connectivity index is 0.000000295. The van der Waals surface area contributed by atoms with Crippen molar-refractivity contribution >= 4 is 81.4 Å². The van der Waals surface area contributed by atoms with Crippen LogP contribution in [0.3, 0.4) is 0 Å². The van der Waals surface area contributed by atoms with Gasteiger partial charge >= 0.3 is 5.97 Å². The van der Waals surface area contributed by atoms with Crippen LogP contribution in [0.1, 0.15) is 61.4 Å². The first-order chi connectivity index (χ1) is 18.0. The van der Waals surface area contributed by atoms with Gasteiger partial charge in [-0.1, -0.05) is 69.6 Å². The van der Waals surface area contributed by atoms with Crippen LogP contribution in [0.2, 0.25) is 30.1 Å². The van der Waals surface area contributed by atoms with Crippen molar-refractivity contribution in [2.75, 3.05) is 0 Å². The number of carbonyl (C=O) groups is 2. The van der Waals surface area contributed by atoms with Crippen LogP contribution in [0.25, 0.3) is 0 Å². The average Bonchev–Trinajstić information content (AvgIpc) is 2.82. The zero-order valence-corrected chi connectivity index (χ0v) is 25.2. The molecule has 0 aromatic heterocycles. The number of aliphatic hydroxyl groups excluding tert-OH is 1. The van der Waals surface area contributed by atoms with Crippen LogP contribution < -0.4 is 0 Å². The van der Waals surface area contributed by atoms with E-state index in [9.17, 15) is 27.9 Å². The van der Waals surface area contributed by atoms with E-state index >= 15 is 0 Å². The van der Waals surface area contributed by atoms with Crippen LogP contribution in [-0.4, -0.2) is 16.9 Å². The van der Waals surface area contributed by atoms with Gasteiger partial charge in [0.1, 0.15) is 23.6 Å². The van der Waals surface area contributed by atoms with Crippen molar-refractivity contribution in [2.45, 2.75) is 39.9 Å². The quantitative estimate of drug-likeness (QED) is 0.171. The smallest absolute Gasteiger partial charge is 0.303 e. The molecule has 0 bridgehead atoms. The second-order valence-corrected chi connectivity index (χ2v) is 10.1. The predicted molar refractivity (Wildman–Crippen MR) is 150 cm³/mol. The molecule has 3 rings (SSSR count). The third-order valence-electron chi connectivity index (χ3n) is 4.72. The molecule has 0 aliphatic carbocycles. The van der Waals surface area contributed by atoms with E-state index in [1.54, 1.807) is 6.92 Å². The molecular formula is C26H21Cl6F3O4. The Hall–Kier alpha value is -1.71. The predicted octanol–water partition coefficient (Wildman–Crippen LogP) is 10.3. The largest absolute Gasteiger partial charge is 0.458 e. The summed E-state index contributed by atoms with van der Waals surface area (Å²) in [5, 5.41) is 9.46. The molecular weight excluding hydrogens is 646 g/mol. The number of rotatable bonds is 4. The molecule has 0 spiro atoms. The van der Waals surface area contributed by atoms with Gasteiger partial charge in [-0.05, 0) is 57.2 Å². The third-order valence-corrected chi connectivity index (χ3v) is 6.83. The molecule has 39 heavy (non-hydrogen) atoms. The zero-order valence-electron chi connectivity index (χ0n) is 20.7. The minimum absolute atomic E-state index is 0.0401. The lowest BCUT2D eigenvalue weighted by Crippen LogP contribution is -2.06. The Labute approximate surface area is 253 Å². The summed E-state index contributed by atoms with van der Waals surface area (Å²) in [5.74, 6) is -2.61. The summed E-state index contributed by atoms with van der Waals surface area (Å²) >= 11 is 34.0. The first-order valence-electron chi connectivity index (χ1n) is 10.8. The van der Waals surface area contributed by atoms with E-state index in [0.717, 1.165) is 18.2 Å². The number of benzene rings is 3. The fraction of sp³-hybridized carbons (Fsp3) is 0.231. The van der Waals surface area contributed by atoms with Crippen molar-refractivity contribution in [3.8, 4) is 0 Å². The van der Waals surface area contributed by atoms with Crippen LogP contribution >= 0.6 is 69.6 Å². The van der Waals surface area contributed by atoms with E-state index < -0.39 is 35.6 Å². The second kappa shape index (κ2) is 15.9. The van der Waals surface area contributed by atoms with Gasteiger partial charge in [0.2, 0.25) is 0 Å². The van der Waals surface area contributed by atoms with Crippen molar-refractivity contribution in [1.82, 2.24) is 0 Å². The standard InChI is InChI=1S/C10H9Cl2FO2.C8H7Cl2FO.C8H5Cl2FO/c1-5(15-6(2)14)9-7(11)3-4-8(13)10(9)12;2*1-4(12)7-5(9)2-3-6(11)8(7)10/h3-5H,1-2H3;2-4,12H,1H3;2-3H,1H3. The maximum Gasteiger partial charge on any atom is 0.303 e. The highest BCUT2D eigenvalue weighted by molar-refractivity contribution is 6.40. The molecule has 2 atom stereocenters. The van der Waals surface area contributed by atoms with Crippen molar-refractivity contribution in [3.05, 3.63) is 101 Å². The van der Waals surface area contributed by atoms with Gasteiger partial charge < -0.3 is 9.84 Å². The summed E-state index contributed by atoms with van der Waals surface area (Å²) in [4.78, 5) is 21.6. The summed E-state index contributed by atoms with van der Waals surface area (Å²) < 4.78 is 43.6. The summed E-state index contributed by atoms with van der Waals surface area (Å²) in [6, 6.07) is 7.49. The second-order valence-electron chi connectivity index (χ2n) is 7.72. The monoisotopic (exact) mass is 664 g/mol. The molecule has 0 amide bonds. The molecule has 0 aliphatic rings. The molecule has 0 saturated carbocycles. The Morgan fingerprint density at radius 3 is 1.44 bits per heavy atom. The number of hydrogen-bond donors (Lipinski definition) is 1. The molecule has 13 heteroatoms. The van der Waals surface area contributed by atoms with E-state index in [1.165, 1.54) is 39.0 Å². The molecule has 0 aliphatic heterocycles. The van der Waals surface area contributed by atoms with Crippen molar-refractivity contribution in [3.63, 3.8) is 0 Å². The molecule has 1 N–H and O–H groups in total. The van der Waals surface area contributed by atoms with Gasteiger partial charge in [-0.25, -0.2) is 13.2 Å². The first-order valence-corrected chi connectivity index (χ1v) is 13.0. The summed E-state index contributed by atoms with van der Waals surface area (Å²) in [6.45, 7) is 5.60. The van der Waals surface area contributed by atoms with Crippen molar-refractivity contribution in [1.29, 1.82) is 0 Å². The number of aliphatic hydroxyl groups is 1. The van der Waals surface area contributed by atoms with Crippen LogP contribution in [0.15, 0.2) is 36.4 Å². The SMILES string of the molecule is CC(=O)OC(C)c1c(Cl)ccc(F)c1Cl.CC(=O)c1c(Cl)ccc(F)c1Cl.CC(O)c1c(Cl)ccc(F)c1Cl. The maximum atomic E-state index is 13.1. The van der Waals surface area contributed by atoms with E-state index in [1.807, 2.05) is 0 Å². The number of ketones is 1. The van der Waals surface area contributed by atoms with E-state index in [4.69, 9.17) is 74.3 Å². The lowest BCUT2D eigenvalue weighted by molar-refractivity contribution is -0.145. The Bertz CT molecular complexity index is 1350. The number of halogens is 9. The van der Waals surface area contributed by atoms with E-state index in [2.05, 4.69) is 0 Å². The minimum Gasteiger partial charge on any atom is -0.458 e. The highest BCUT2D eigenvalue weighted by Gasteiger charge is 2.19. The minimum atomic E-state index is -0.860. The molecule has 0 heterocycles. The number of esters is 1. The highest BCUT2D eigenvalue weighted by atomic mass is 35.5. The van der Waals surface area contributed by atoms with Gasteiger partial charge in [0, 0.05) is 28.1 Å². The molecule has 4 nitrogen and oxygen atoms in total. The van der Waals surface area contributed by atoms with Gasteiger partial charge in [-0.3, -0.25) is 9.59 Å². The third kappa shape index (κ3) is 10.0. The number of hydrogen-bond acceptors (Lipinski definition) is 4. The van der Waals surface area contributed by atoms with Crippen molar-refractivity contribution < 1.29 is 32.6 Å². The Morgan fingerprint density at radius 2 is 1.08 bits per heavy atom. The number of carbonyl (C=O) groups excluding carboxylic acids is 2. The van der Waals surface area contributed by atoms with Gasteiger partial charge in [0.05, 0.1) is 31.8 Å². The fourth-order valence-electron chi connectivity index (χ4n) is 3.00. The molecule has 3 aromatic rings. The van der Waals surface area contributed by atoms with E-state index in [0.29, 0.717) is 0 Å². The van der Waals surface area contributed by atoms with Crippen LogP contribution in [0, 0.1) is 17.5 Å². The first kappa shape index (κ1) is 35.3. The van der Waals surface area contributed by atoms with Crippen LogP contribution in [-0.2, 0) is 9.53 Å². The molecule has 0 fully saturated rings. The highest BCUT2D eigenvalue weighted by Crippen LogP contribution is 2.34. The normalized spacial score (nSPS) is 11.8. The zero-order chi connectivity index (χ0) is 30.2. The topological polar surface area (TPSA) is 63.6 Å². The van der Waals surface area contributed by atoms with Gasteiger partial charge in [0.15, 0.2) is 5.78 Å². The van der Waals surface area contributed by atoms with Crippen molar-refractivity contribution in [2.24, 2.45) is 0 Å². The number of ether oxygens (including phenoxy) is 1. The average molecular weight is 667 g/mol. The Morgan fingerprint density at radius 1 is 0.692 bits per heavy atom. The summed E-state index contributed by atoms with van der Waals surface area (Å²) in [7, 11) is 0. The Kier molecular flexibility index (Phi) is 14.4. The molecule has 2 unspecified atom stereocenters. The summed E-state index contributed by atoms with van der Waals surface area (Å²) in [6.07, 6.45) is -1.53. The van der Waals surface area contributed by atoms with Gasteiger partial charge in [-0.2, -0.15) is 0 Å². The fourth-order valence-corrected chi connectivity index (χ4v) is 5.00. The summed E-state index contributed by atoms with van der Waals surface area (Å²) in [5.41, 5.74) is 0.560. The lowest BCUT2D eigenvalue weighted by atomic mass is 10.1. The number of Topliss-reactive ketones (excluding diaryl/α,β-unsaturated/α-hetero) is 1. The van der Waals surface area contributed by atoms with Crippen LogP contribution in [0.5, 0.6) is 0 Å². The van der Waals surface area contributed by atoms with Gasteiger partial charge in [0.25, 0.3) is 0 Å². The van der Waals surface area contributed by atoms with Gasteiger partial charge in [-0.15, -0.1) is 0 Å². The maximum absolute atomic E-state index is 13.1. The molecule has 0 saturated heterocycles. The van der Waals surface area contributed by atoms with E-state index in [-0.39, 0.29) is 52.6 Å². The molecule has 0 radical (unpaired) electrons.